The molecule has 0 aliphatic carbocycles. The molecular formula is C15H18N2O4. The Morgan fingerprint density at radius 1 is 1.33 bits per heavy atom. The average molecular weight is 290 g/mol. The van der Waals surface area contributed by atoms with Crippen LogP contribution in [0.15, 0.2) is 18.2 Å². The molecule has 1 aromatic carbocycles. The van der Waals surface area contributed by atoms with E-state index in [0.717, 1.165) is 0 Å². The number of ether oxygens (including phenoxy) is 1. The van der Waals surface area contributed by atoms with Crippen molar-refractivity contribution in [2.45, 2.75) is 27.3 Å². The van der Waals surface area contributed by atoms with Crippen LogP contribution in [-0.4, -0.2) is 33.7 Å². The monoisotopic (exact) mass is 290 g/mol. The first-order valence-corrected chi connectivity index (χ1v) is 6.55. The maximum atomic E-state index is 12.2. The number of carboxylic acid groups (broad SMARTS) is 1. The van der Waals surface area contributed by atoms with Gasteiger partial charge in [-0.1, -0.05) is 20.8 Å². The highest BCUT2D eigenvalue weighted by Gasteiger charge is 2.24. The van der Waals surface area contributed by atoms with Gasteiger partial charge < -0.3 is 9.84 Å². The summed E-state index contributed by atoms with van der Waals surface area (Å²) in [6, 6.07) is 5.00. The molecule has 0 radical (unpaired) electrons. The van der Waals surface area contributed by atoms with Gasteiger partial charge in [0.2, 0.25) is 0 Å². The minimum absolute atomic E-state index is 0.0216. The van der Waals surface area contributed by atoms with Gasteiger partial charge >= 0.3 is 5.97 Å². The van der Waals surface area contributed by atoms with E-state index in [1.165, 1.54) is 11.8 Å². The molecule has 1 N–H and O–H groups in total. The van der Waals surface area contributed by atoms with Crippen LogP contribution in [0, 0.1) is 5.41 Å². The molecular weight excluding hydrogens is 272 g/mol. The lowest BCUT2D eigenvalue weighted by Gasteiger charge is -2.16. The Kier molecular flexibility index (Phi) is 3.72. The van der Waals surface area contributed by atoms with Gasteiger partial charge in [0.15, 0.2) is 11.5 Å². The van der Waals surface area contributed by atoms with E-state index in [9.17, 15) is 14.7 Å². The van der Waals surface area contributed by atoms with E-state index in [4.69, 9.17) is 4.74 Å². The predicted octanol–water partition coefficient (Wildman–Crippen LogP) is 2.36. The molecule has 0 aliphatic heterocycles. The summed E-state index contributed by atoms with van der Waals surface area (Å²) in [5.74, 6) is -0.553. The molecule has 2 rings (SSSR count). The third kappa shape index (κ3) is 2.89. The normalized spacial score (nSPS) is 11.6. The number of rotatable bonds is 4. The van der Waals surface area contributed by atoms with E-state index < -0.39 is 11.4 Å². The zero-order valence-corrected chi connectivity index (χ0v) is 12.5. The molecule has 6 nitrogen and oxygen atoms in total. The van der Waals surface area contributed by atoms with E-state index in [1.807, 2.05) is 20.8 Å². The Morgan fingerprint density at radius 3 is 2.52 bits per heavy atom. The fourth-order valence-electron chi connectivity index (χ4n) is 1.93. The number of aromatic carboxylic acids is 1. The van der Waals surface area contributed by atoms with E-state index in [2.05, 4.69) is 5.10 Å². The van der Waals surface area contributed by atoms with Crippen molar-refractivity contribution < 1.29 is 19.4 Å². The SMILES string of the molecule is COc1ccc2c(C(=O)O)nn(CC(=O)C(C)(C)C)c2c1. The second-order valence-electron chi connectivity index (χ2n) is 5.87. The molecule has 0 unspecified atom stereocenters. The van der Waals surface area contributed by atoms with Crippen molar-refractivity contribution in [3.8, 4) is 5.75 Å². The Morgan fingerprint density at radius 2 is 2.00 bits per heavy atom. The van der Waals surface area contributed by atoms with Crippen LogP contribution in [0.3, 0.4) is 0 Å². The van der Waals surface area contributed by atoms with Gasteiger partial charge in [-0.3, -0.25) is 9.48 Å². The third-order valence-electron chi connectivity index (χ3n) is 3.29. The minimum Gasteiger partial charge on any atom is -0.497 e. The summed E-state index contributed by atoms with van der Waals surface area (Å²) in [7, 11) is 1.53. The van der Waals surface area contributed by atoms with Gasteiger partial charge in [0.05, 0.1) is 12.6 Å². The van der Waals surface area contributed by atoms with Crippen molar-refractivity contribution in [3.63, 3.8) is 0 Å². The van der Waals surface area contributed by atoms with E-state index in [1.54, 1.807) is 18.2 Å². The average Bonchev–Trinajstić information content (AvgIpc) is 2.76. The van der Waals surface area contributed by atoms with Gasteiger partial charge in [0, 0.05) is 16.9 Å². The van der Waals surface area contributed by atoms with Crippen LogP contribution in [0.25, 0.3) is 10.9 Å². The summed E-state index contributed by atoms with van der Waals surface area (Å²) in [5.41, 5.74) is -0.000670. The van der Waals surface area contributed by atoms with Crippen molar-refractivity contribution >= 4 is 22.7 Å². The zero-order valence-electron chi connectivity index (χ0n) is 12.5. The Labute approximate surface area is 122 Å². The molecule has 0 fully saturated rings. The Hall–Kier alpha value is -2.37. The molecule has 0 saturated carbocycles. The first-order valence-electron chi connectivity index (χ1n) is 6.55. The molecule has 0 amide bonds. The molecule has 0 atom stereocenters. The predicted molar refractivity (Wildman–Crippen MR) is 77.7 cm³/mol. The summed E-state index contributed by atoms with van der Waals surface area (Å²) >= 11 is 0. The first-order chi connectivity index (χ1) is 9.74. The highest BCUT2D eigenvalue weighted by molar-refractivity contribution is 6.02. The van der Waals surface area contributed by atoms with Crippen LogP contribution in [0.2, 0.25) is 0 Å². The number of benzene rings is 1. The fraction of sp³-hybridized carbons (Fsp3) is 0.400. The minimum atomic E-state index is -1.12. The van der Waals surface area contributed by atoms with Gasteiger partial charge in [-0.15, -0.1) is 0 Å². The number of methoxy groups -OCH3 is 1. The lowest BCUT2D eigenvalue weighted by Crippen LogP contribution is -2.25. The summed E-state index contributed by atoms with van der Waals surface area (Å²) in [5, 5.41) is 13.8. The van der Waals surface area contributed by atoms with Crippen LogP contribution in [0.5, 0.6) is 5.75 Å². The maximum Gasteiger partial charge on any atom is 0.357 e. The van der Waals surface area contributed by atoms with Crippen LogP contribution in [-0.2, 0) is 11.3 Å². The number of hydrogen-bond donors (Lipinski definition) is 1. The second-order valence-corrected chi connectivity index (χ2v) is 5.87. The van der Waals surface area contributed by atoms with Gasteiger partial charge in [0.25, 0.3) is 0 Å². The molecule has 2 aromatic rings. The maximum absolute atomic E-state index is 12.2. The van der Waals surface area contributed by atoms with Crippen molar-refractivity contribution in [2.75, 3.05) is 7.11 Å². The number of carbonyl (C=O) groups excluding carboxylic acids is 1. The van der Waals surface area contributed by atoms with E-state index in [0.29, 0.717) is 16.7 Å². The Balaban J connectivity index is 2.57. The van der Waals surface area contributed by atoms with Crippen molar-refractivity contribution in [1.82, 2.24) is 9.78 Å². The molecule has 21 heavy (non-hydrogen) atoms. The standard InChI is InChI=1S/C15H18N2O4/c1-15(2,3)12(18)8-17-11-7-9(21-4)5-6-10(11)13(16-17)14(19)20/h5-7H,8H2,1-4H3,(H,19,20). The summed E-state index contributed by atoms with van der Waals surface area (Å²) < 4.78 is 6.57. The van der Waals surface area contributed by atoms with Gasteiger partial charge in [0.1, 0.15) is 12.3 Å². The summed E-state index contributed by atoms with van der Waals surface area (Å²) in [6.07, 6.45) is 0. The summed E-state index contributed by atoms with van der Waals surface area (Å²) in [6.45, 7) is 5.49. The number of fused-ring (bicyclic) bond motifs is 1. The van der Waals surface area contributed by atoms with E-state index >= 15 is 0 Å². The summed E-state index contributed by atoms with van der Waals surface area (Å²) in [4.78, 5) is 23.4. The quantitative estimate of drug-likeness (QED) is 0.934. The van der Waals surface area contributed by atoms with Crippen LogP contribution < -0.4 is 4.74 Å². The first kappa shape index (κ1) is 15.0. The van der Waals surface area contributed by atoms with Crippen molar-refractivity contribution in [1.29, 1.82) is 0 Å². The molecule has 0 saturated heterocycles. The molecule has 1 aromatic heterocycles. The number of nitrogens with zero attached hydrogens (tertiary/aromatic N) is 2. The Bertz CT molecular complexity index is 710. The topological polar surface area (TPSA) is 81.4 Å². The molecule has 0 spiro atoms. The van der Waals surface area contributed by atoms with Gasteiger partial charge in [-0.25, -0.2) is 4.79 Å². The van der Waals surface area contributed by atoms with Crippen LogP contribution >= 0.6 is 0 Å². The highest BCUT2D eigenvalue weighted by atomic mass is 16.5. The van der Waals surface area contributed by atoms with Crippen LogP contribution in [0.4, 0.5) is 0 Å². The molecule has 1 heterocycles. The molecule has 0 aliphatic rings. The largest absolute Gasteiger partial charge is 0.497 e. The van der Waals surface area contributed by atoms with E-state index in [-0.39, 0.29) is 18.0 Å². The smallest absolute Gasteiger partial charge is 0.357 e. The molecule has 112 valence electrons. The number of hydrogen-bond acceptors (Lipinski definition) is 4. The van der Waals surface area contributed by atoms with Crippen LogP contribution in [0.1, 0.15) is 31.3 Å². The number of carboxylic acids is 1. The lowest BCUT2D eigenvalue weighted by atomic mass is 9.91. The van der Waals surface area contributed by atoms with Crippen molar-refractivity contribution in [3.05, 3.63) is 23.9 Å². The molecule has 6 heteroatoms. The lowest BCUT2D eigenvalue weighted by molar-refractivity contribution is -0.127. The zero-order chi connectivity index (χ0) is 15.8. The van der Waals surface area contributed by atoms with Gasteiger partial charge in [-0.05, 0) is 12.1 Å². The number of carbonyl (C=O) groups is 2. The fourth-order valence-corrected chi connectivity index (χ4v) is 1.93. The highest BCUT2D eigenvalue weighted by Crippen LogP contribution is 2.25. The number of ketones is 1. The molecule has 0 bridgehead atoms. The third-order valence-corrected chi connectivity index (χ3v) is 3.29. The van der Waals surface area contributed by atoms with Gasteiger partial charge in [-0.2, -0.15) is 5.10 Å². The number of Topliss-reactive ketones (excluding diaryl/α,β-unsaturated/α-hetero) is 1. The number of aromatic nitrogens is 2. The van der Waals surface area contributed by atoms with Crippen molar-refractivity contribution in [2.24, 2.45) is 5.41 Å². The second kappa shape index (κ2) is 5.20.